The number of aromatic nitrogens is 7. The number of amides is 1. The van der Waals surface area contributed by atoms with E-state index < -0.39 is 29.8 Å². The fraction of sp³-hybridized carbons (Fsp3) is 0.0714. The van der Waals surface area contributed by atoms with E-state index in [1.807, 2.05) is 0 Å². The molecular weight excluding hydrogens is 592 g/mol. The zero-order valence-electron chi connectivity index (χ0n) is 22.9. The van der Waals surface area contributed by atoms with Crippen molar-refractivity contribution in [2.45, 2.75) is 6.92 Å². The monoisotopic (exact) mass is 612 g/mol. The Balaban J connectivity index is 1.58. The number of aromatic carboxylic acids is 4. The number of carbonyl (C=O) groups is 5. The lowest BCUT2D eigenvalue weighted by molar-refractivity contribution is 0.0676. The molecule has 5 rings (SSSR count). The lowest BCUT2D eigenvalue weighted by Crippen LogP contribution is -2.22. The van der Waals surface area contributed by atoms with Crippen LogP contribution in [0.1, 0.15) is 58.7 Å². The van der Waals surface area contributed by atoms with Crippen molar-refractivity contribution < 1.29 is 44.4 Å². The second-order valence-corrected chi connectivity index (χ2v) is 9.34. The summed E-state index contributed by atoms with van der Waals surface area (Å²) in [5, 5.41) is 56.4. The summed E-state index contributed by atoms with van der Waals surface area (Å²) in [5.41, 5.74) is -0.241. The molecule has 5 aromatic rings. The van der Waals surface area contributed by atoms with Crippen LogP contribution < -0.4 is 5.32 Å². The molecule has 0 atom stereocenters. The van der Waals surface area contributed by atoms with Crippen LogP contribution in [0.5, 0.6) is 0 Å². The number of nitrogens with one attached hydrogen (secondary N) is 1. The van der Waals surface area contributed by atoms with Crippen LogP contribution >= 0.6 is 0 Å². The minimum absolute atomic E-state index is 0.0958. The number of carbonyl (C=O) groups excluding carboxylic acids is 1. The standard InChI is InChI=1S/C28H20N8O9/c1-2-29-24(37)13-9-20(22-11-35(33-31-22)18-5-14(25(38)39)3-15(6-18)26(40)41)30-21(10-13)23-12-36(34-32-23)19-7-16(27(42)43)4-17(8-19)28(44)45/h3-12H,2H2,1H3,(H,29,37)(H,38,39)(H,40,41)(H,42,43)(H,44,45). The van der Waals surface area contributed by atoms with Gasteiger partial charge in [0.05, 0.1) is 57.4 Å². The van der Waals surface area contributed by atoms with Crippen molar-refractivity contribution in [3.8, 4) is 34.2 Å². The van der Waals surface area contributed by atoms with Gasteiger partial charge in [-0.2, -0.15) is 0 Å². The maximum atomic E-state index is 12.8. The summed E-state index contributed by atoms with van der Waals surface area (Å²) in [4.78, 5) is 63.5. The molecule has 0 aliphatic heterocycles. The summed E-state index contributed by atoms with van der Waals surface area (Å²) >= 11 is 0. The van der Waals surface area contributed by atoms with Gasteiger partial charge in [-0.25, -0.2) is 33.5 Å². The van der Waals surface area contributed by atoms with Crippen molar-refractivity contribution in [3.05, 3.63) is 88.7 Å². The first-order valence-electron chi connectivity index (χ1n) is 12.8. The maximum Gasteiger partial charge on any atom is 0.335 e. The van der Waals surface area contributed by atoms with Crippen molar-refractivity contribution >= 4 is 29.8 Å². The number of pyridine rings is 1. The Morgan fingerprint density at radius 1 is 0.578 bits per heavy atom. The van der Waals surface area contributed by atoms with E-state index in [1.54, 1.807) is 6.92 Å². The second kappa shape index (κ2) is 11.8. The Hall–Kier alpha value is -6.78. The molecular formula is C28H20N8O9. The van der Waals surface area contributed by atoms with Gasteiger partial charge >= 0.3 is 23.9 Å². The average molecular weight is 613 g/mol. The zero-order chi connectivity index (χ0) is 32.4. The van der Waals surface area contributed by atoms with Crippen LogP contribution in [-0.4, -0.2) is 91.7 Å². The number of nitrogens with zero attached hydrogens (tertiary/aromatic N) is 7. The lowest BCUT2D eigenvalue weighted by atomic mass is 10.1. The van der Waals surface area contributed by atoms with Gasteiger partial charge in [0.15, 0.2) is 0 Å². The number of rotatable bonds is 10. The molecule has 5 N–H and O–H groups in total. The number of carboxylic acid groups (broad SMARTS) is 4. The van der Waals surface area contributed by atoms with Gasteiger partial charge in [0.25, 0.3) is 5.91 Å². The number of hydrogen-bond acceptors (Lipinski definition) is 10. The van der Waals surface area contributed by atoms with Crippen LogP contribution in [0.25, 0.3) is 34.2 Å². The van der Waals surface area contributed by atoms with Crippen molar-refractivity contribution in [2.24, 2.45) is 0 Å². The van der Waals surface area contributed by atoms with Crippen molar-refractivity contribution in [1.29, 1.82) is 0 Å². The van der Waals surface area contributed by atoms with Gasteiger partial charge in [-0.05, 0) is 55.5 Å². The molecule has 1 amide bonds. The predicted octanol–water partition coefficient (Wildman–Crippen LogP) is 2.12. The van der Waals surface area contributed by atoms with Gasteiger partial charge in [-0.3, -0.25) is 4.79 Å². The first-order chi connectivity index (χ1) is 21.4. The van der Waals surface area contributed by atoms with E-state index in [0.717, 1.165) is 21.5 Å². The fourth-order valence-corrected chi connectivity index (χ4v) is 4.18. The molecule has 3 heterocycles. The smallest absolute Gasteiger partial charge is 0.335 e. The highest BCUT2D eigenvalue weighted by Gasteiger charge is 2.19. The lowest BCUT2D eigenvalue weighted by Gasteiger charge is -2.07. The van der Waals surface area contributed by atoms with E-state index in [4.69, 9.17) is 0 Å². The Morgan fingerprint density at radius 2 is 0.956 bits per heavy atom. The van der Waals surface area contributed by atoms with Gasteiger partial charge in [-0.15, -0.1) is 10.2 Å². The molecule has 2 aromatic carbocycles. The molecule has 17 heteroatoms. The molecule has 0 spiro atoms. The first-order valence-corrected chi connectivity index (χ1v) is 12.8. The Kier molecular flexibility index (Phi) is 7.81. The third-order valence-electron chi connectivity index (χ3n) is 6.29. The predicted molar refractivity (Wildman–Crippen MR) is 151 cm³/mol. The zero-order valence-corrected chi connectivity index (χ0v) is 22.9. The van der Waals surface area contributed by atoms with Crippen molar-refractivity contribution in [2.75, 3.05) is 6.54 Å². The summed E-state index contributed by atoms with van der Waals surface area (Å²) < 4.78 is 2.31. The third kappa shape index (κ3) is 6.21. The summed E-state index contributed by atoms with van der Waals surface area (Å²) in [6.45, 7) is 2.04. The quantitative estimate of drug-likeness (QED) is 0.151. The molecule has 45 heavy (non-hydrogen) atoms. The van der Waals surface area contributed by atoms with Crippen LogP contribution in [0.2, 0.25) is 0 Å². The Morgan fingerprint density at radius 3 is 1.29 bits per heavy atom. The van der Waals surface area contributed by atoms with Gasteiger partial charge < -0.3 is 25.7 Å². The van der Waals surface area contributed by atoms with E-state index >= 15 is 0 Å². The molecule has 0 bridgehead atoms. The molecule has 0 aliphatic rings. The van der Waals surface area contributed by atoms with E-state index in [1.165, 1.54) is 48.8 Å². The normalized spacial score (nSPS) is 10.8. The number of carboxylic acids is 4. The molecule has 226 valence electrons. The highest BCUT2D eigenvalue weighted by atomic mass is 16.4. The van der Waals surface area contributed by atoms with Crippen LogP contribution in [0.3, 0.4) is 0 Å². The van der Waals surface area contributed by atoms with Gasteiger partial charge in [-0.1, -0.05) is 10.4 Å². The fourth-order valence-electron chi connectivity index (χ4n) is 4.18. The minimum Gasteiger partial charge on any atom is -0.478 e. The number of benzene rings is 2. The van der Waals surface area contributed by atoms with E-state index in [2.05, 4.69) is 30.9 Å². The molecule has 0 radical (unpaired) electrons. The highest BCUT2D eigenvalue weighted by molar-refractivity contribution is 5.97. The van der Waals surface area contributed by atoms with Crippen molar-refractivity contribution in [3.63, 3.8) is 0 Å². The maximum absolute atomic E-state index is 12.8. The van der Waals surface area contributed by atoms with Gasteiger partial charge in [0.1, 0.15) is 11.4 Å². The SMILES string of the molecule is CCNC(=O)c1cc(-c2cn(-c3cc(C(=O)O)cc(C(=O)O)c3)nn2)nc(-c2cn(-c3cc(C(=O)O)cc(C(=O)O)c3)nn2)c1. The topological polar surface area (TPSA) is 253 Å². The molecule has 0 saturated heterocycles. The molecule has 0 aliphatic carbocycles. The van der Waals surface area contributed by atoms with Gasteiger partial charge in [0.2, 0.25) is 0 Å². The van der Waals surface area contributed by atoms with Crippen LogP contribution in [0.4, 0.5) is 0 Å². The van der Waals surface area contributed by atoms with Crippen molar-refractivity contribution in [1.82, 2.24) is 40.3 Å². The first kappa shape index (κ1) is 29.7. The molecule has 0 fully saturated rings. The number of hydrogen-bond donors (Lipinski definition) is 5. The second-order valence-electron chi connectivity index (χ2n) is 9.34. The summed E-state index contributed by atoms with van der Waals surface area (Å²) in [6, 6.07) is 9.72. The molecule has 3 aromatic heterocycles. The van der Waals surface area contributed by atoms with Gasteiger partial charge in [0, 0.05) is 12.1 Å². The Labute approximate surface area is 251 Å². The largest absolute Gasteiger partial charge is 0.478 e. The highest BCUT2D eigenvalue weighted by Crippen LogP contribution is 2.25. The molecule has 17 nitrogen and oxygen atoms in total. The molecule has 0 saturated carbocycles. The summed E-state index contributed by atoms with van der Waals surface area (Å²) in [5.74, 6) is -5.84. The average Bonchev–Trinajstić information content (AvgIpc) is 3.72. The minimum atomic E-state index is -1.34. The van der Waals surface area contributed by atoms with Crippen LogP contribution in [0.15, 0.2) is 60.9 Å². The van der Waals surface area contributed by atoms with Crippen LogP contribution in [0, 0.1) is 0 Å². The Bertz CT molecular complexity index is 1840. The summed E-state index contributed by atoms with van der Waals surface area (Å²) in [6.07, 6.45) is 2.73. The van der Waals surface area contributed by atoms with E-state index in [-0.39, 0.29) is 62.0 Å². The van der Waals surface area contributed by atoms with Crippen LogP contribution in [-0.2, 0) is 0 Å². The third-order valence-corrected chi connectivity index (χ3v) is 6.29. The summed E-state index contributed by atoms with van der Waals surface area (Å²) in [7, 11) is 0. The van der Waals surface area contributed by atoms with E-state index in [0.29, 0.717) is 6.54 Å². The molecule has 0 unspecified atom stereocenters. The van der Waals surface area contributed by atoms with E-state index in [9.17, 15) is 44.4 Å².